The zero-order chi connectivity index (χ0) is 12.6. The van der Waals surface area contributed by atoms with Crippen LogP contribution in [0.4, 0.5) is 0 Å². The Morgan fingerprint density at radius 1 is 1.19 bits per heavy atom. The van der Waals surface area contributed by atoms with Gasteiger partial charge in [-0.05, 0) is 0 Å². The van der Waals surface area contributed by atoms with E-state index in [2.05, 4.69) is 0 Å². The van der Waals surface area contributed by atoms with Crippen molar-refractivity contribution >= 4 is 70.4 Å². The molecule has 0 N–H and O–H groups in total. The first-order valence-corrected chi connectivity index (χ1v) is 4.78. The summed E-state index contributed by atoms with van der Waals surface area (Å²) in [6.45, 7) is -0.655. The second-order valence-corrected chi connectivity index (χ2v) is 5.33. The molecule has 0 aromatic rings. The van der Waals surface area contributed by atoms with Gasteiger partial charge in [0.15, 0.2) is 4.49 Å². The van der Waals surface area contributed by atoms with Crippen LogP contribution in [0.2, 0.25) is 0 Å². The van der Waals surface area contributed by atoms with Crippen LogP contribution in [0.1, 0.15) is 0 Å². The van der Waals surface area contributed by atoms with E-state index in [1.54, 1.807) is 0 Å². The molecule has 0 saturated heterocycles. The van der Waals surface area contributed by atoms with Gasteiger partial charge in [0.25, 0.3) is 9.99 Å². The molecule has 0 aliphatic heterocycles. The molecule has 0 unspecified atom stereocenters. The van der Waals surface area contributed by atoms with Crippen LogP contribution >= 0.6 is 70.4 Å². The standard InChI is InChI=1S/C2H2Cl3NO2.C2HCl2NO2.ClH/c3-2(4,5)1-6(7)8;3-2(4)1-5(6)7;/h1H2;1H;1H. The van der Waals surface area contributed by atoms with Gasteiger partial charge in [-0.2, -0.15) is 0 Å². The summed E-state index contributed by atoms with van der Waals surface area (Å²) in [4.78, 5) is 17.5. The molecule has 0 spiro atoms. The van der Waals surface area contributed by atoms with Gasteiger partial charge in [-0.15, -0.1) is 12.4 Å². The van der Waals surface area contributed by atoms with E-state index in [1.807, 2.05) is 0 Å². The highest BCUT2D eigenvalue weighted by Gasteiger charge is 2.26. The Labute approximate surface area is 121 Å². The lowest BCUT2D eigenvalue weighted by atomic mass is 10.8. The van der Waals surface area contributed by atoms with Gasteiger partial charge in [-0.1, -0.05) is 58.0 Å². The number of alkyl halides is 3. The maximum Gasteiger partial charge on any atom is 0.264 e. The highest BCUT2D eigenvalue weighted by atomic mass is 35.6. The van der Waals surface area contributed by atoms with Crippen LogP contribution in [0.5, 0.6) is 0 Å². The molecular weight excluding hydrogens is 353 g/mol. The van der Waals surface area contributed by atoms with Gasteiger partial charge < -0.3 is 0 Å². The van der Waals surface area contributed by atoms with Crippen LogP contribution in [-0.2, 0) is 0 Å². The van der Waals surface area contributed by atoms with Gasteiger partial charge in [0.1, 0.15) is 0 Å². The lowest BCUT2D eigenvalue weighted by molar-refractivity contribution is -0.478. The van der Waals surface area contributed by atoms with E-state index in [9.17, 15) is 20.2 Å². The van der Waals surface area contributed by atoms with E-state index in [0.29, 0.717) is 6.20 Å². The Kier molecular flexibility index (Phi) is 14.1. The quantitative estimate of drug-likeness (QED) is 0.429. The fourth-order valence-electron chi connectivity index (χ4n) is 0.226. The van der Waals surface area contributed by atoms with Crippen LogP contribution in [-0.4, -0.2) is 20.2 Å². The average molecular weight is 357 g/mol. The molecule has 0 atom stereocenters. The summed E-state index contributed by atoms with van der Waals surface area (Å²) in [6, 6.07) is 0. The second-order valence-electron chi connectivity index (χ2n) is 1.81. The Morgan fingerprint density at radius 2 is 1.56 bits per heavy atom. The summed E-state index contributed by atoms with van der Waals surface area (Å²) >= 11 is 24.8. The molecule has 16 heavy (non-hydrogen) atoms. The lowest BCUT2D eigenvalue weighted by Crippen LogP contribution is -2.17. The van der Waals surface area contributed by atoms with E-state index in [-0.39, 0.29) is 16.9 Å². The number of halogens is 6. The van der Waals surface area contributed by atoms with Gasteiger partial charge in [0, 0.05) is 4.92 Å². The van der Waals surface area contributed by atoms with Crippen molar-refractivity contribution in [3.8, 4) is 0 Å². The second kappa shape index (κ2) is 10.4. The van der Waals surface area contributed by atoms with Crippen molar-refractivity contribution < 1.29 is 9.85 Å². The lowest BCUT2D eigenvalue weighted by Gasteiger charge is -2.01. The normalized spacial score (nSPS) is 9.06. The molecule has 0 aromatic heterocycles. The molecule has 0 amide bonds. The monoisotopic (exact) mass is 354 g/mol. The molecule has 0 heterocycles. The Bertz CT molecular complexity index is 260. The summed E-state index contributed by atoms with van der Waals surface area (Å²) in [7, 11) is 0. The predicted octanol–water partition coefficient (Wildman–Crippen LogP) is 3.59. The summed E-state index contributed by atoms with van der Waals surface area (Å²) in [5.41, 5.74) is 0. The van der Waals surface area contributed by atoms with E-state index in [0.717, 1.165) is 0 Å². The van der Waals surface area contributed by atoms with Gasteiger partial charge >= 0.3 is 0 Å². The highest BCUT2D eigenvalue weighted by molar-refractivity contribution is 6.67. The summed E-state index contributed by atoms with van der Waals surface area (Å²) in [6.07, 6.45) is 0.503. The van der Waals surface area contributed by atoms with Crippen LogP contribution in [0, 0.1) is 20.2 Å². The largest absolute Gasteiger partial charge is 0.264 e. The van der Waals surface area contributed by atoms with Crippen molar-refractivity contribution in [1.29, 1.82) is 0 Å². The molecule has 0 aromatic carbocycles. The molecule has 0 aliphatic carbocycles. The van der Waals surface area contributed by atoms with Gasteiger partial charge in [-0.3, -0.25) is 20.2 Å². The molecule has 96 valence electrons. The van der Waals surface area contributed by atoms with Crippen molar-refractivity contribution in [1.82, 2.24) is 0 Å². The maximum absolute atomic E-state index is 9.57. The third-order valence-corrected chi connectivity index (χ3v) is 1.07. The molecule has 6 nitrogen and oxygen atoms in total. The highest BCUT2D eigenvalue weighted by Crippen LogP contribution is 2.25. The van der Waals surface area contributed by atoms with Crippen LogP contribution in [0.3, 0.4) is 0 Å². The molecule has 0 fully saturated rings. The van der Waals surface area contributed by atoms with Crippen molar-refractivity contribution in [2.24, 2.45) is 0 Å². The van der Waals surface area contributed by atoms with Gasteiger partial charge in [0.2, 0.25) is 6.54 Å². The smallest absolute Gasteiger partial charge is 0.264 e. The minimum atomic E-state index is -1.76. The Hall–Kier alpha value is 0.280. The van der Waals surface area contributed by atoms with E-state index >= 15 is 0 Å². The number of rotatable bonds is 2. The predicted molar refractivity (Wildman–Crippen MR) is 66.2 cm³/mol. The maximum atomic E-state index is 9.57. The third kappa shape index (κ3) is 29.2. The third-order valence-electron chi connectivity index (χ3n) is 0.511. The topological polar surface area (TPSA) is 86.3 Å². The van der Waals surface area contributed by atoms with E-state index < -0.39 is 20.2 Å². The fourth-order valence-corrected chi connectivity index (χ4v) is 0.678. The van der Waals surface area contributed by atoms with Crippen LogP contribution < -0.4 is 0 Å². The molecule has 0 rings (SSSR count). The molecule has 0 saturated carbocycles. The first-order chi connectivity index (χ1) is 6.54. The first kappa shape index (κ1) is 21.6. The minimum Gasteiger partial charge on any atom is -0.264 e. The van der Waals surface area contributed by atoms with Crippen molar-refractivity contribution in [3.63, 3.8) is 0 Å². The van der Waals surface area contributed by atoms with Crippen LogP contribution in [0.25, 0.3) is 0 Å². The first-order valence-electron chi connectivity index (χ1n) is 2.89. The van der Waals surface area contributed by atoms with Gasteiger partial charge in [0.05, 0.1) is 4.92 Å². The van der Waals surface area contributed by atoms with Crippen LogP contribution in [0.15, 0.2) is 10.7 Å². The zero-order valence-corrected chi connectivity index (χ0v) is 11.7. The summed E-state index contributed by atoms with van der Waals surface area (Å²) < 4.78 is -2.10. The summed E-state index contributed by atoms with van der Waals surface area (Å²) in [5.74, 6) is 0. The molecule has 0 bridgehead atoms. The Morgan fingerprint density at radius 3 is 1.56 bits per heavy atom. The fraction of sp³-hybridized carbons (Fsp3) is 0.500. The van der Waals surface area contributed by atoms with E-state index in [4.69, 9.17) is 58.0 Å². The Balaban J connectivity index is -0.000000200. The molecular formula is C4H4Cl6N2O4. The number of nitrogens with zero attached hydrogens (tertiary/aromatic N) is 2. The summed E-state index contributed by atoms with van der Waals surface area (Å²) in [5, 5.41) is 18.9. The van der Waals surface area contributed by atoms with Gasteiger partial charge in [-0.25, -0.2) is 0 Å². The minimum absolute atomic E-state index is 0. The van der Waals surface area contributed by atoms with E-state index in [1.165, 1.54) is 0 Å². The number of nitro groups is 2. The number of hydrogen-bond donors (Lipinski definition) is 0. The van der Waals surface area contributed by atoms with Crippen molar-refractivity contribution in [2.45, 2.75) is 3.79 Å². The molecule has 0 aliphatic rings. The number of hydrogen-bond acceptors (Lipinski definition) is 4. The SMILES string of the molecule is Cl.O=[N+]([O-])C=C(Cl)Cl.O=[N+]([O-])CC(Cl)(Cl)Cl. The van der Waals surface area contributed by atoms with Crippen molar-refractivity contribution in [2.75, 3.05) is 6.54 Å². The molecule has 12 heteroatoms. The van der Waals surface area contributed by atoms with Crippen molar-refractivity contribution in [3.05, 3.63) is 30.9 Å². The molecule has 0 radical (unpaired) electrons. The zero-order valence-electron chi connectivity index (χ0n) is 7.11. The average Bonchev–Trinajstić information content (AvgIpc) is 1.76.